The van der Waals surface area contributed by atoms with Crippen LogP contribution in [0.15, 0.2) is 30.6 Å². The Kier molecular flexibility index (Phi) is 6.57. The highest BCUT2D eigenvalue weighted by molar-refractivity contribution is 5.91. The zero-order valence-electron chi connectivity index (χ0n) is 21.5. The van der Waals surface area contributed by atoms with Gasteiger partial charge in [-0.15, -0.1) is 0 Å². The Balaban J connectivity index is 1.15. The van der Waals surface area contributed by atoms with Crippen molar-refractivity contribution in [2.75, 3.05) is 50.1 Å². The first-order chi connectivity index (χ1) is 16.8. The lowest BCUT2D eigenvalue weighted by Gasteiger charge is -2.27. The van der Waals surface area contributed by atoms with E-state index in [1.165, 1.54) is 59.3 Å². The van der Waals surface area contributed by atoms with E-state index in [0.29, 0.717) is 23.6 Å². The molecule has 0 spiro atoms. The molecule has 188 valence electrons. The van der Waals surface area contributed by atoms with Crippen LogP contribution in [-0.2, 0) is 11.3 Å². The summed E-state index contributed by atoms with van der Waals surface area (Å²) in [6, 6.07) is 7.44. The lowest BCUT2D eigenvalue weighted by atomic mass is 10.0. The number of aromatic nitrogens is 2. The molecule has 3 aliphatic rings. The third-order valence-electron chi connectivity index (χ3n) is 8.38. The summed E-state index contributed by atoms with van der Waals surface area (Å²) >= 11 is 0. The fourth-order valence-corrected chi connectivity index (χ4v) is 6.25. The van der Waals surface area contributed by atoms with Crippen molar-refractivity contribution in [2.24, 2.45) is 11.8 Å². The van der Waals surface area contributed by atoms with Gasteiger partial charge in [-0.2, -0.15) is 9.78 Å². The number of likely N-dealkylation sites (tertiary alicyclic amines) is 1. The molecular formula is C27H38N6O2. The number of carbonyl (C=O) groups excluding carboxylic acids is 2. The van der Waals surface area contributed by atoms with Gasteiger partial charge in [0.1, 0.15) is 0 Å². The van der Waals surface area contributed by atoms with E-state index in [1.807, 2.05) is 4.90 Å². The van der Waals surface area contributed by atoms with Crippen LogP contribution in [0, 0.1) is 18.8 Å². The summed E-state index contributed by atoms with van der Waals surface area (Å²) in [4.78, 5) is 33.0. The van der Waals surface area contributed by atoms with E-state index in [9.17, 15) is 9.59 Å². The summed E-state index contributed by atoms with van der Waals surface area (Å²) in [6.45, 7) is 8.64. The number of rotatable bonds is 5. The number of carbonyl (C=O) groups is 2. The molecule has 1 aliphatic carbocycles. The molecule has 0 radical (unpaired) electrons. The molecule has 1 aromatic heterocycles. The molecule has 0 bridgehead atoms. The Hall–Kier alpha value is -2.87. The van der Waals surface area contributed by atoms with Crippen molar-refractivity contribution >= 4 is 23.3 Å². The highest BCUT2D eigenvalue weighted by Crippen LogP contribution is 2.40. The molecule has 1 saturated carbocycles. The summed E-state index contributed by atoms with van der Waals surface area (Å²) in [6.07, 6.45) is 8.08. The molecule has 2 saturated heterocycles. The number of hydrogen-bond donors (Lipinski definition) is 0. The predicted molar refractivity (Wildman–Crippen MR) is 138 cm³/mol. The number of anilines is 2. The SMILES string of the molecule is CC(=O)N(C)c1cnn(C(=O)N2C[C@H]3CC(N(C)Cc4ccc(N5CCCC5)c(C)c4)C[C@H]3C2)c1. The van der Waals surface area contributed by atoms with Gasteiger partial charge >= 0.3 is 6.03 Å². The van der Waals surface area contributed by atoms with Gasteiger partial charge in [0.05, 0.1) is 18.1 Å². The average molecular weight is 479 g/mol. The second-order valence-corrected chi connectivity index (χ2v) is 10.8. The molecule has 8 nitrogen and oxygen atoms in total. The Labute approximate surface area is 208 Å². The Morgan fingerprint density at radius 1 is 1.09 bits per heavy atom. The number of hydrogen-bond acceptors (Lipinski definition) is 5. The Morgan fingerprint density at radius 2 is 1.77 bits per heavy atom. The van der Waals surface area contributed by atoms with Gasteiger partial charge in [-0.25, -0.2) is 4.79 Å². The molecule has 5 rings (SSSR count). The number of fused-ring (bicyclic) bond motifs is 1. The van der Waals surface area contributed by atoms with E-state index in [-0.39, 0.29) is 11.9 Å². The zero-order valence-corrected chi connectivity index (χ0v) is 21.5. The van der Waals surface area contributed by atoms with Gasteiger partial charge in [-0.05, 0) is 68.7 Å². The standard InChI is InChI=1S/C27H38N6O2/c1-19-11-21(7-8-26(19)31-9-5-6-10-31)15-29(3)24-12-22-16-32(17-23(22)13-24)27(35)33-18-25(14-28-33)30(4)20(2)34/h7-8,11,14,18,22-24H,5-6,9-10,12-13,15-17H2,1-4H3/t22-,23+,24?. The fourth-order valence-electron chi connectivity index (χ4n) is 6.25. The van der Waals surface area contributed by atoms with Crippen LogP contribution in [-0.4, -0.2) is 77.8 Å². The van der Waals surface area contributed by atoms with Crippen molar-refractivity contribution in [2.45, 2.75) is 52.1 Å². The maximum atomic E-state index is 13.0. The number of benzene rings is 1. The second-order valence-electron chi connectivity index (χ2n) is 10.8. The summed E-state index contributed by atoms with van der Waals surface area (Å²) in [5, 5.41) is 4.21. The molecule has 3 atom stereocenters. The first-order valence-corrected chi connectivity index (χ1v) is 12.9. The zero-order chi connectivity index (χ0) is 24.7. The van der Waals surface area contributed by atoms with Crippen LogP contribution >= 0.6 is 0 Å². The smallest absolute Gasteiger partial charge is 0.344 e. The van der Waals surface area contributed by atoms with Gasteiger partial charge < -0.3 is 14.7 Å². The first kappa shape index (κ1) is 23.9. The van der Waals surface area contributed by atoms with Crippen LogP contribution in [0.5, 0.6) is 0 Å². The first-order valence-electron chi connectivity index (χ1n) is 12.9. The summed E-state index contributed by atoms with van der Waals surface area (Å²) < 4.78 is 1.37. The topological polar surface area (TPSA) is 64.9 Å². The Morgan fingerprint density at radius 3 is 2.40 bits per heavy atom. The van der Waals surface area contributed by atoms with E-state index in [4.69, 9.17) is 0 Å². The monoisotopic (exact) mass is 478 g/mol. The quantitative estimate of drug-likeness (QED) is 0.657. The van der Waals surface area contributed by atoms with Gasteiger partial charge in [0.2, 0.25) is 5.91 Å². The molecule has 1 unspecified atom stereocenters. The van der Waals surface area contributed by atoms with Crippen molar-refractivity contribution in [1.82, 2.24) is 19.6 Å². The van der Waals surface area contributed by atoms with Crippen LogP contribution in [0.2, 0.25) is 0 Å². The molecule has 2 amide bonds. The van der Waals surface area contributed by atoms with Crippen LogP contribution in [0.3, 0.4) is 0 Å². The maximum absolute atomic E-state index is 13.0. The van der Waals surface area contributed by atoms with E-state index in [2.05, 4.69) is 47.1 Å². The van der Waals surface area contributed by atoms with Crippen molar-refractivity contribution in [3.63, 3.8) is 0 Å². The summed E-state index contributed by atoms with van der Waals surface area (Å²) in [5.74, 6) is 1.00. The van der Waals surface area contributed by atoms with Crippen LogP contribution in [0.4, 0.5) is 16.2 Å². The van der Waals surface area contributed by atoms with E-state index < -0.39 is 0 Å². The molecule has 3 fully saturated rings. The number of aryl methyl sites for hydroxylation is 1. The van der Waals surface area contributed by atoms with E-state index >= 15 is 0 Å². The molecular weight excluding hydrogens is 440 g/mol. The molecule has 2 aliphatic heterocycles. The molecule has 3 heterocycles. The fraction of sp³-hybridized carbons (Fsp3) is 0.593. The summed E-state index contributed by atoms with van der Waals surface area (Å²) in [5.41, 5.74) is 4.79. The normalized spacial score (nSPS) is 23.9. The number of amides is 2. The number of nitrogens with zero attached hydrogens (tertiary/aromatic N) is 6. The second kappa shape index (κ2) is 9.64. The van der Waals surface area contributed by atoms with Crippen LogP contribution < -0.4 is 9.80 Å². The molecule has 1 aromatic carbocycles. The third-order valence-corrected chi connectivity index (χ3v) is 8.38. The van der Waals surface area contributed by atoms with Gasteiger partial charge in [0.15, 0.2) is 0 Å². The minimum atomic E-state index is -0.0962. The van der Waals surface area contributed by atoms with Crippen molar-refractivity contribution in [3.8, 4) is 0 Å². The predicted octanol–water partition coefficient (Wildman–Crippen LogP) is 3.58. The average Bonchev–Trinajstić information content (AvgIpc) is 3.62. The van der Waals surface area contributed by atoms with Crippen LogP contribution in [0.25, 0.3) is 0 Å². The van der Waals surface area contributed by atoms with Crippen molar-refractivity contribution < 1.29 is 9.59 Å². The lowest BCUT2D eigenvalue weighted by molar-refractivity contribution is -0.116. The van der Waals surface area contributed by atoms with Crippen molar-refractivity contribution in [1.29, 1.82) is 0 Å². The van der Waals surface area contributed by atoms with E-state index in [0.717, 1.165) is 32.5 Å². The third kappa shape index (κ3) is 4.81. The summed E-state index contributed by atoms with van der Waals surface area (Å²) in [7, 11) is 3.93. The van der Waals surface area contributed by atoms with Gasteiger partial charge in [0, 0.05) is 58.4 Å². The minimum absolute atomic E-state index is 0.0828. The maximum Gasteiger partial charge on any atom is 0.344 e. The van der Waals surface area contributed by atoms with Gasteiger partial charge in [-0.3, -0.25) is 9.69 Å². The van der Waals surface area contributed by atoms with Crippen molar-refractivity contribution in [3.05, 3.63) is 41.7 Å². The highest BCUT2D eigenvalue weighted by Gasteiger charge is 2.43. The molecule has 0 N–H and O–H groups in total. The van der Waals surface area contributed by atoms with Gasteiger partial charge in [0.25, 0.3) is 0 Å². The minimum Gasteiger partial charge on any atom is -0.371 e. The lowest BCUT2D eigenvalue weighted by Crippen LogP contribution is -2.36. The highest BCUT2D eigenvalue weighted by atomic mass is 16.2. The molecule has 2 aromatic rings. The molecule has 35 heavy (non-hydrogen) atoms. The van der Waals surface area contributed by atoms with Gasteiger partial charge in [-0.1, -0.05) is 12.1 Å². The van der Waals surface area contributed by atoms with E-state index in [1.54, 1.807) is 19.4 Å². The Bertz CT molecular complexity index is 1080. The largest absolute Gasteiger partial charge is 0.371 e. The van der Waals surface area contributed by atoms with Crippen LogP contribution in [0.1, 0.15) is 43.7 Å². The molecule has 8 heteroatoms.